The number of fused-ring (bicyclic) bond motifs is 1. The average Bonchev–Trinajstić information content (AvgIpc) is 3.16. The Morgan fingerprint density at radius 3 is 2.65 bits per heavy atom. The highest BCUT2D eigenvalue weighted by molar-refractivity contribution is 7.99. The number of hydrogen-bond acceptors (Lipinski definition) is 9. The summed E-state index contributed by atoms with van der Waals surface area (Å²) in [6.07, 6.45) is 2.86. The molecule has 37 heavy (non-hydrogen) atoms. The van der Waals surface area contributed by atoms with Crippen molar-refractivity contribution in [2.45, 2.75) is 54.5 Å². The van der Waals surface area contributed by atoms with Crippen LogP contribution in [0.15, 0.2) is 45.6 Å². The monoisotopic (exact) mass is 552 g/mol. The van der Waals surface area contributed by atoms with E-state index >= 15 is 0 Å². The lowest BCUT2D eigenvalue weighted by atomic mass is 9.73. The Bertz CT molecular complexity index is 1350. The van der Waals surface area contributed by atoms with Gasteiger partial charge in [-0.2, -0.15) is 8.78 Å². The number of nitrogens with two attached hydrogens (primary N) is 1. The van der Waals surface area contributed by atoms with E-state index in [1.54, 1.807) is 24.5 Å². The summed E-state index contributed by atoms with van der Waals surface area (Å²) in [6.45, 7) is 3.40. The third-order valence-electron chi connectivity index (χ3n) is 7.31. The van der Waals surface area contributed by atoms with Crippen molar-refractivity contribution >= 4 is 40.1 Å². The van der Waals surface area contributed by atoms with E-state index < -0.39 is 18.2 Å². The third-order valence-corrected chi connectivity index (χ3v) is 8.79. The predicted molar refractivity (Wildman–Crippen MR) is 136 cm³/mol. The second-order valence-electron chi connectivity index (χ2n) is 9.50. The fraction of sp³-hybridized carbons (Fsp3) is 0.500. The van der Waals surface area contributed by atoms with Crippen LogP contribution in [0.4, 0.5) is 14.6 Å². The topological polar surface area (TPSA) is 108 Å². The van der Waals surface area contributed by atoms with Crippen molar-refractivity contribution in [2.24, 2.45) is 11.1 Å². The van der Waals surface area contributed by atoms with Crippen molar-refractivity contribution in [1.29, 1.82) is 0 Å². The van der Waals surface area contributed by atoms with Crippen molar-refractivity contribution in [3.63, 3.8) is 0 Å². The molecule has 0 unspecified atom stereocenters. The molecule has 0 amide bonds. The maximum Gasteiger partial charge on any atom is 0.373 e. The Balaban J connectivity index is 1.31. The highest BCUT2D eigenvalue weighted by Gasteiger charge is 2.47. The number of aromatic nitrogens is 4. The molecular formula is C24H27ClF2N6O3S. The Labute approximate surface area is 221 Å². The van der Waals surface area contributed by atoms with E-state index in [1.807, 2.05) is 6.92 Å². The summed E-state index contributed by atoms with van der Waals surface area (Å²) in [5, 5.41) is 0.747. The van der Waals surface area contributed by atoms with Crippen LogP contribution >= 0.6 is 23.4 Å². The number of rotatable bonds is 6. The van der Waals surface area contributed by atoms with Gasteiger partial charge in [0.1, 0.15) is 17.4 Å². The van der Waals surface area contributed by atoms with E-state index in [0.29, 0.717) is 22.0 Å². The molecule has 3 aromatic rings. The molecule has 0 aliphatic carbocycles. The minimum atomic E-state index is -3.51. The molecule has 13 heteroatoms. The van der Waals surface area contributed by atoms with Gasteiger partial charge in [-0.1, -0.05) is 23.4 Å². The molecule has 9 nitrogen and oxygen atoms in total. The van der Waals surface area contributed by atoms with Crippen LogP contribution in [0.25, 0.3) is 10.9 Å². The van der Waals surface area contributed by atoms with Crippen LogP contribution in [0.3, 0.4) is 0 Å². The first-order chi connectivity index (χ1) is 17.6. The van der Waals surface area contributed by atoms with Crippen LogP contribution < -0.4 is 16.2 Å². The first-order valence-electron chi connectivity index (χ1n) is 11.9. The zero-order chi connectivity index (χ0) is 26.4. The van der Waals surface area contributed by atoms with E-state index in [2.05, 4.69) is 24.6 Å². The number of methoxy groups -OCH3 is 1. The van der Waals surface area contributed by atoms with E-state index in [0.717, 1.165) is 49.8 Å². The fourth-order valence-corrected chi connectivity index (χ4v) is 6.05. The van der Waals surface area contributed by atoms with Crippen molar-refractivity contribution in [3.8, 4) is 0 Å². The molecule has 2 aliphatic rings. The molecule has 0 radical (unpaired) electrons. The van der Waals surface area contributed by atoms with Crippen molar-refractivity contribution in [3.05, 3.63) is 46.2 Å². The number of alkyl halides is 2. The molecule has 5 rings (SSSR count). The molecule has 198 valence electrons. The quantitative estimate of drug-likeness (QED) is 0.491. The van der Waals surface area contributed by atoms with Crippen LogP contribution in [0.5, 0.6) is 0 Å². The van der Waals surface area contributed by atoms with Gasteiger partial charge in [0, 0.05) is 36.6 Å². The fourth-order valence-electron chi connectivity index (χ4n) is 4.93. The van der Waals surface area contributed by atoms with E-state index in [4.69, 9.17) is 22.1 Å². The normalized spacial score (nSPS) is 21.7. The lowest BCUT2D eigenvalue weighted by molar-refractivity contribution is -0.230. The van der Waals surface area contributed by atoms with Crippen molar-refractivity contribution in [1.82, 2.24) is 19.5 Å². The smallest absolute Gasteiger partial charge is 0.373 e. The maximum absolute atomic E-state index is 13.7. The number of nitrogens with zero attached hydrogens (tertiary/aromatic N) is 5. The molecule has 2 fully saturated rings. The maximum atomic E-state index is 13.7. The second kappa shape index (κ2) is 10.1. The average molecular weight is 553 g/mol. The summed E-state index contributed by atoms with van der Waals surface area (Å²) in [7, 11) is 0.871. The van der Waals surface area contributed by atoms with Gasteiger partial charge in [-0.25, -0.2) is 15.0 Å². The number of halogens is 3. The molecule has 0 bridgehead atoms. The number of ether oxygens (including phenoxy) is 2. The van der Waals surface area contributed by atoms with Gasteiger partial charge in [0.2, 0.25) is 0 Å². The molecule has 2 atom stereocenters. The summed E-state index contributed by atoms with van der Waals surface area (Å²) in [5.41, 5.74) is 6.07. The number of piperidine rings is 1. The molecule has 2 saturated heterocycles. The zero-order valence-electron chi connectivity index (χ0n) is 20.4. The summed E-state index contributed by atoms with van der Waals surface area (Å²) in [4.78, 5) is 28.8. The van der Waals surface area contributed by atoms with Crippen LogP contribution in [-0.4, -0.2) is 64.6 Å². The zero-order valence-corrected chi connectivity index (χ0v) is 21.9. The van der Waals surface area contributed by atoms with Crippen LogP contribution in [0.2, 0.25) is 5.02 Å². The highest BCUT2D eigenvalue weighted by Crippen LogP contribution is 2.42. The Morgan fingerprint density at radius 2 is 2.03 bits per heavy atom. The molecule has 2 N–H and O–H groups in total. The number of hydrogen-bond donors (Lipinski definition) is 1. The minimum Gasteiger partial charge on any atom is -0.376 e. The summed E-state index contributed by atoms with van der Waals surface area (Å²) >= 11 is 7.76. The van der Waals surface area contributed by atoms with E-state index in [1.165, 1.54) is 11.8 Å². The Morgan fingerprint density at radius 1 is 1.27 bits per heavy atom. The summed E-state index contributed by atoms with van der Waals surface area (Å²) < 4.78 is 38.1. The van der Waals surface area contributed by atoms with Crippen molar-refractivity contribution < 1.29 is 18.3 Å². The van der Waals surface area contributed by atoms with Gasteiger partial charge in [0.15, 0.2) is 0 Å². The first-order valence-corrected chi connectivity index (χ1v) is 13.0. The molecule has 2 aliphatic heterocycles. The predicted octanol–water partition coefficient (Wildman–Crippen LogP) is 3.56. The van der Waals surface area contributed by atoms with Gasteiger partial charge in [-0.05, 0) is 31.9 Å². The van der Waals surface area contributed by atoms with Crippen LogP contribution in [0.1, 0.15) is 19.8 Å². The first kappa shape index (κ1) is 26.2. The van der Waals surface area contributed by atoms with Gasteiger partial charge in [0.25, 0.3) is 5.56 Å². The third kappa shape index (κ3) is 5.05. The Kier molecular flexibility index (Phi) is 7.14. The van der Waals surface area contributed by atoms with E-state index in [-0.39, 0.29) is 28.0 Å². The second-order valence-corrected chi connectivity index (χ2v) is 10.9. The minimum absolute atomic E-state index is 0.0266. The van der Waals surface area contributed by atoms with Gasteiger partial charge < -0.3 is 20.1 Å². The van der Waals surface area contributed by atoms with Gasteiger partial charge >= 0.3 is 6.11 Å². The van der Waals surface area contributed by atoms with Gasteiger partial charge in [0.05, 0.1) is 47.4 Å². The molecule has 0 saturated carbocycles. The summed E-state index contributed by atoms with van der Waals surface area (Å²) in [5.74, 6) is 0.774. The molecule has 1 spiro atoms. The lowest BCUT2D eigenvalue weighted by Crippen LogP contribution is -2.50. The Hall–Kier alpha value is -2.38. The summed E-state index contributed by atoms with van der Waals surface area (Å²) in [6, 6.07) is 3.37. The van der Waals surface area contributed by atoms with E-state index in [9.17, 15) is 13.6 Å². The highest BCUT2D eigenvalue weighted by atomic mass is 35.5. The van der Waals surface area contributed by atoms with Crippen LogP contribution in [-0.2, 0) is 16.0 Å². The van der Waals surface area contributed by atoms with Crippen LogP contribution in [0, 0.1) is 5.41 Å². The van der Waals surface area contributed by atoms with Gasteiger partial charge in [-0.15, -0.1) is 0 Å². The van der Waals surface area contributed by atoms with Gasteiger partial charge in [-0.3, -0.25) is 9.36 Å². The largest absolute Gasteiger partial charge is 0.376 e. The number of anilines is 1. The molecule has 4 heterocycles. The number of benzene rings is 1. The lowest BCUT2D eigenvalue weighted by Gasteiger charge is -2.41. The molecule has 1 aromatic carbocycles. The standard InChI is InChI=1S/C24H27ClF2N6O3S/c1-14-21(28)23(12-36-14)5-7-32(8-6-23)17-9-30-18(10-29-17)37-16-4-3-15-19(20(16)25)22(34)33(13-31-15)11-24(26,27)35-2/h3-4,9-10,13-14,21H,5-8,11-12,28H2,1-2H3/t14-,21+/m0/s1. The molecular weight excluding hydrogens is 526 g/mol. The SMILES string of the molecule is COC(F)(F)Cn1cnc2ccc(Sc3cnc(N4CCC5(CC4)CO[C@@H](C)[C@H]5N)cn3)c(Cl)c2c1=O. The molecule has 2 aromatic heterocycles. The van der Waals surface area contributed by atoms with Crippen molar-refractivity contribution in [2.75, 3.05) is 31.7 Å².